The summed E-state index contributed by atoms with van der Waals surface area (Å²) in [6.07, 6.45) is 5.61. The molecule has 0 bridgehead atoms. The number of allylic oxidation sites excluding steroid dienone is 4. The quantitative estimate of drug-likeness (QED) is 0.880. The van der Waals surface area contributed by atoms with Crippen LogP contribution in [0.3, 0.4) is 0 Å². The van der Waals surface area contributed by atoms with Crippen LogP contribution in [0.1, 0.15) is 24.1 Å². The first kappa shape index (κ1) is 14.4. The number of aliphatic hydroxyl groups is 1. The summed E-state index contributed by atoms with van der Waals surface area (Å²) in [6.45, 7) is 6.76. The van der Waals surface area contributed by atoms with Crippen LogP contribution in [0.4, 0.5) is 5.00 Å². The van der Waals surface area contributed by atoms with Crippen LogP contribution in [0.15, 0.2) is 24.0 Å². The third-order valence-corrected chi connectivity index (χ3v) is 6.69. The van der Waals surface area contributed by atoms with Crippen molar-refractivity contribution in [2.45, 2.75) is 19.8 Å². The van der Waals surface area contributed by atoms with Crippen LogP contribution in [0.5, 0.6) is 0 Å². The fraction of sp³-hybridized carbons (Fsp3) is 0.444. The first-order chi connectivity index (χ1) is 11.7. The number of fused-ring (bicyclic) bond motifs is 1. The second-order valence-corrected chi connectivity index (χ2v) is 8.22. The number of aromatic nitrogens is 2. The Morgan fingerprint density at radius 2 is 2.12 bits per heavy atom. The topological polar surface area (TPSA) is 61.3 Å². The maximum Gasteiger partial charge on any atom is 0.148 e. The molecule has 0 saturated carbocycles. The SMILES string of the molecule is Cc1c(N2CC3(CNC3)C2)sc2nnc(C3=C(O)CCC=C3)cc12. The van der Waals surface area contributed by atoms with Crippen LogP contribution >= 0.6 is 11.3 Å². The van der Waals surface area contributed by atoms with Crippen LogP contribution < -0.4 is 10.2 Å². The molecule has 5 nitrogen and oxygen atoms in total. The van der Waals surface area contributed by atoms with Crippen molar-refractivity contribution in [3.63, 3.8) is 0 Å². The lowest BCUT2D eigenvalue weighted by molar-refractivity contribution is 0.122. The first-order valence-corrected chi connectivity index (χ1v) is 9.28. The summed E-state index contributed by atoms with van der Waals surface area (Å²) in [5.74, 6) is 0.418. The fourth-order valence-electron chi connectivity index (χ4n) is 3.94. The number of rotatable bonds is 2. The second kappa shape index (κ2) is 5.04. The van der Waals surface area contributed by atoms with Gasteiger partial charge in [-0.15, -0.1) is 10.2 Å². The van der Waals surface area contributed by atoms with Crippen molar-refractivity contribution >= 4 is 32.1 Å². The molecule has 2 saturated heterocycles. The van der Waals surface area contributed by atoms with Crippen molar-refractivity contribution in [2.75, 3.05) is 31.1 Å². The van der Waals surface area contributed by atoms with Gasteiger partial charge < -0.3 is 15.3 Å². The summed E-state index contributed by atoms with van der Waals surface area (Å²) >= 11 is 1.73. The molecule has 124 valence electrons. The Morgan fingerprint density at radius 1 is 1.29 bits per heavy atom. The lowest BCUT2D eigenvalue weighted by Crippen LogP contribution is -2.71. The lowest BCUT2D eigenvalue weighted by Gasteiger charge is -2.56. The Balaban J connectivity index is 1.51. The van der Waals surface area contributed by atoms with E-state index in [9.17, 15) is 5.11 Å². The van der Waals surface area contributed by atoms with Crippen LogP contribution in [0.2, 0.25) is 0 Å². The van der Waals surface area contributed by atoms with E-state index in [1.54, 1.807) is 11.3 Å². The largest absolute Gasteiger partial charge is 0.512 e. The van der Waals surface area contributed by atoms with Crippen LogP contribution in [-0.4, -0.2) is 41.5 Å². The van der Waals surface area contributed by atoms with Gasteiger partial charge >= 0.3 is 0 Å². The third kappa shape index (κ3) is 2.03. The number of nitrogens with zero attached hydrogens (tertiary/aromatic N) is 3. The summed E-state index contributed by atoms with van der Waals surface area (Å²) in [6, 6.07) is 2.08. The highest BCUT2D eigenvalue weighted by molar-refractivity contribution is 7.22. The van der Waals surface area contributed by atoms with E-state index in [4.69, 9.17) is 0 Å². The summed E-state index contributed by atoms with van der Waals surface area (Å²) < 4.78 is 0. The minimum Gasteiger partial charge on any atom is -0.512 e. The molecular formula is C18H20N4OS. The highest BCUT2D eigenvalue weighted by atomic mass is 32.1. The van der Waals surface area contributed by atoms with Gasteiger partial charge in [-0.25, -0.2) is 0 Å². The van der Waals surface area contributed by atoms with Crippen molar-refractivity contribution in [3.8, 4) is 0 Å². The van der Waals surface area contributed by atoms with E-state index >= 15 is 0 Å². The van der Waals surface area contributed by atoms with Crippen LogP contribution in [0, 0.1) is 12.3 Å². The Labute approximate surface area is 144 Å². The molecule has 0 unspecified atom stereocenters. The molecule has 2 fully saturated rings. The number of hydrogen-bond acceptors (Lipinski definition) is 6. The van der Waals surface area contributed by atoms with E-state index in [2.05, 4.69) is 39.5 Å². The molecular weight excluding hydrogens is 320 g/mol. The zero-order valence-electron chi connectivity index (χ0n) is 13.7. The van der Waals surface area contributed by atoms with Crippen molar-refractivity contribution in [1.82, 2.24) is 15.5 Å². The predicted molar refractivity (Wildman–Crippen MR) is 97.6 cm³/mol. The molecule has 24 heavy (non-hydrogen) atoms. The van der Waals surface area contributed by atoms with Crippen molar-refractivity contribution in [1.29, 1.82) is 0 Å². The minimum absolute atomic E-state index is 0.418. The van der Waals surface area contributed by atoms with Crippen molar-refractivity contribution in [2.24, 2.45) is 5.41 Å². The highest BCUT2D eigenvalue weighted by Gasteiger charge is 2.48. The molecule has 0 radical (unpaired) electrons. The average Bonchev–Trinajstić information content (AvgIpc) is 2.82. The number of anilines is 1. The fourth-order valence-corrected chi connectivity index (χ4v) is 5.04. The van der Waals surface area contributed by atoms with Crippen molar-refractivity contribution < 1.29 is 5.11 Å². The molecule has 0 aromatic carbocycles. The van der Waals surface area contributed by atoms with Crippen molar-refractivity contribution in [3.05, 3.63) is 35.2 Å². The van der Waals surface area contributed by atoms with E-state index in [1.165, 1.54) is 10.6 Å². The van der Waals surface area contributed by atoms with Gasteiger partial charge in [0.15, 0.2) is 0 Å². The zero-order chi connectivity index (χ0) is 16.3. The maximum atomic E-state index is 10.1. The predicted octanol–water partition coefficient (Wildman–Crippen LogP) is 3.03. The van der Waals surface area contributed by atoms with Gasteiger partial charge in [-0.3, -0.25) is 0 Å². The van der Waals surface area contributed by atoms with Gasteiger partial charge in [0.25, 0.3) is 0 Å². The molecule has 1 aliphatic carbocycles. The molecule has 1 spiro atoms. The monoisotopic (exact) mass is 340 g/mol. The number of nitrogens with one attached hydrogen (secondary N) is 1. The molecule has 2 N–H and O–H groups in total. The molecule has 5 rings (SSSR count). The average molecular weight is 340 g/mol. The van der Waals surface area contributed by atoms with Gasteiger partial charge in [-0.05, 0) is 25.0 Å². The molecule has 0 amide bonds. The van der Waals surface area contributed by atoms with E-state index in [-0.39, 0.29) is 0 Å². The maximum absolute atomic E-state index is 10.1. The molecule has 4 heterocycles. The van der Waals surface area contributed by atoms with Crippen LogP contribution in [-0.2, 0) is 0 Å². The number of aliphatic hydroxyl groups excluding tert-OH is 1. The molecule has 0 atom stereocenters. The van der Waals surface area contributed by atoms with Crippen LogP contribution in [0.25, 0.3) is 15.8 Å². The van der Waals surface area contributed by atoms with E-state index in [1.807, 2.05) is 6.08 Å². The van der Waals surface area contributed by atoms with Gasteiger partial charge in [-0.2, -0.15) is 0 Å². The number of aryl methyl sites for hydroxylation is 1. The van der Waals surface area contributed by atoms with Gasteiger partial charge in [-0.1, -0.05) is 23.5 Å². The molecule has 2 aromatic heterocycles. The third-order valence-electron chi connectivity index (χ3n) is 5.44. The van der Waals surface area contributed by atoms with E-state index in [0.717, 1.165) is 54.1 Å². The highest BCUT2D eigenvalue weighted by Crippen LogP contribution is 2.44. The smallest absolute Gasteiger partial charge is 0.148 e. The first-order valence-electron chi connectivity index (χ1n) is 8.47. The number of hydrogen-bond donors (Lipinski definition) is 2. The van der Waals surface area contributed by atoms with Gasteiger partial charge in [0.2, 0.25) is 0 Å². The Kier molecular flexibility index (Phi) is 3.03. The Bertz CT molecular complexity index is 886. The Morgan fingerprint density at radius 3 is 2.83 bits per heavy atom. The molecule has 3 aliphatic rings. The number of thiophene rings is 1. The lowest BCUT2D eigenvalue weighted by atomic mass is 9.74. The molecule has 2 aliphatic heterocycles. The summed E-state index contributed by atoms with van der Waals surface area (Å²) in [5, 5.41) is 24.8. The standard InChI is InChI=1S/C18H20N4OS/c1-11-13-6-14(12-4-2-3-5-15(12)23)20-21-16(13)24-17(11)22-9-18(10-22)7-19-8-18/h2,4,6,19,23H,3,5,7-10H2,1H3. The van der Waals surface area contributed by atoms with E-state index in [0.29, 0.717) is 17.6 Å². The minimum atomic E-state index is 0.418. The van der Waals surface area contributed by atoms with Gasteiger partial charge in [0.1, 0.15) is 10.6 Å². The molecule has 6 heteroatoms. The van der Waals surface area contributed by atoms with E-state index < -0.39 is 0 Å². The molecule has 2 aromatic rings. The Hall–Kier alpha value is -1.92. The second-order valence-electron chi connectivity index (χ2n) is 7.24. The zero-order valence-corrected chi connectivity index (χ0v) is 14.5. The van der Waals surface area contributed by atoms with Gasteiger partial charge in [0, 0.05) is 49.0 Å². The summed E-state index contributed by atoms with van der Waals surface area (Å²) in [4.78, 5) is 3.46. The summed E-state index contributed by atoms with van der Waals surface area (Å²) in [5.41, 5.74) is 3.38. The van der Waals surface area contributed by atoms with Gasteiger partial charge in [0.05, 0.1) is 10.7 Å². The summed E-state index contributed by atoms with van der Waals surface area (Å²) in [7, 11) is 0. The normalized spacial score (nSPS) is 22.1.